The molecule has 148 valence electrons. The Morgan fingerprint density at radius 2 is 1.83 bits per heavy atom. The van der Waals surface area contributed by atoms with Crippen LogP contribution < -0.4 is 4.74 Å². The lowest BCUT2D eigenvalue weighted by Crippen LogP contribution is -2.32. The fraction of sp³-hybridized carbons (Fsp3) is 0.217. The molecule has 1 aliphatic heterocycles. The van der Waals surface area contributed by atoms with Gasteiger partial charge in [-0.3, -0.25) is 4.79 Å². The molecule has 0 aliphatic carbocycles. The number of aromatic amines is 1. The van der Waals surface area contributed by atoms with Crippen LogP contribution in [0.4, 0.5) is 0 Å². The normalized spacial score (nSPS) is 13.4. The Morgan fingerprint density at radius 1 is 1.07 bits per heavy atom. The summed E-state index contributed by atoms with van der Waals surface area (Å²) >= 11 is 0. The lowest BCUT2D eigenvalue weighted by atomic mass is 10.0. The van der Waals surface area contributed by atoms with E-state index in [0.29, 0.717) is 30.0 Å². The maximum absolute atomic E-state index is 12.8. The first-order valence-electron chi connectivity index (χ1n) is 9.63. The molecule has 2 heterocycles. The summed E-state index contributed by atoms with van der Waals surface area (Å²) in [6.07, 6.45) is 2.20. The molecule has 0 saturated heterocycles. The topological polar surface area (TPSA) is 71.6 Å². The minimum Gasteiger partial charge on any atom is -0.484 e. The number of fused-ring (bicyclic) bond motifs is 3. The molecule has 6 heteroatoms. The van der Waals surface area contributed by atoms with E-state index in [1.807, 2.05) is 42.5 Å². The molecule has 0 spiro atoms. The highest BCUT2D eigenvalue weighted by Crippen LogP contribution is 2.31. The van der Waals surface area contributed by atoms with E-state index >= 15 is 0 Å². The zero-order valence-electron chi connectivity index (χ0n) is 16.2. The molecule has 0 atom stereocenters. The van der Waals surface area contributed by atoms with E-state index in [0.717, 1.165) is 16.5 Å². The number of para-hydroxylation sites is 2. The number of carbonyl (C=O) groups excluding carboxylic acids is 2. The van der Waals surface area contributed by atoms with Crippen molar-refractivity contribution in [2.45, 2.75) is 13.3 Å². The number of amides is 1. The predicted molar refractivity (Wildman–Crippen MR) is 110 cm³/mol. The molecule has 0 bridgehead atoms. The van der Waals surface area contributed by atoms with Crippen molar-refractivity contribution in [2.75, 3.05) is 19.8 Å². The van der Waals surface area contributed by atoms with E-state index in [2.05, 4.69) is 4.98 Å². The van der Waals surface area contributed by atoms with Gasteiger partial charge in [0.2, 0.25) is 0 Å². The summed E-state index contributed by atoms with van der Waals surface area (Å²) in [5.41, 5.74) is 3.03. The monoisotopic (exact) mass is 390 g/mol. The molecule has 0 radical (unpaired) electrons. The number of rotatable bonds is 5. The minimum atomic E-state index is -0.455. The molecule has 0 fully saturated rings. The number of hydrogen-bond donors (Lipinski definition) is 1. The number of nitrogens with one attached hydrogen (secondary N) is 1. The van der Waals surface area contributed by atoms with Gasteiger partial charge < -0.3 is 19.4 Å². The average Bonchev–Trinajstić information content (AvgIpc) is 3.00. The van der Waals surface area contributed by atoms with Gasteiger partial charge in [-0.2, -0.15) is 0 Å². The Hall–Kier alpha value is -3.54. The van der Waals surface area contributed by atoms with Crippen molar-refractivity contribution in [3.05, 3.63) is 72.1 Å². The van der Waals surface area contributed by atoms with Crippen LogP contribution in [0.25, 0.3) is 16.5 Å². The lowest BCUT2D eigenvalue weighted by Gasteiger charge is -2.18. The van der Waals surface area contributed by atoms with Crippen LogP contribution in [0.5, 0.6) is 5.75 Å². The summed E-state index contributed by atoms with van der Waals surface area (Å²) in [5.74, 6) is -0.0458. The van der Waals surface area contributed by atoms with Crippen molar-refractivity contribution >= 4 is 28.4 Å². The largest absolute Gasteiger partial charge is 0.484 e. The highest BCUT2D eigenvalue weighted by atomic mass is 16.5. The Bertz CT molecular complexity index is 1070. The Kier molecular flexibility index (Phi) is 5.33. The number of esters is 1. The van der Waals surface area contributed by atoms with E-state index in [4.69, 9.17) is 9.47 Å². The first-order chi connectivity index (χ1) is 14.2. The first kappa shape index (κ1) is 18.8. The molecule has 3 aromatic rings. The summed E-state index contributed by atoms with van der Waals surface area (Å²) in [6, 6.07) is 17.1. The van der Waals surface area contributed by atoms with Crippen molar-refractivity contribution < 1.29 is 19.1 Å². The van der Waals surface area contributed by atoms with E-state index < -0.39 is 5.97 Å². The summed E-state index contributed by atoms with van der Waals surface area (Å²) in [4.78, 5) is 30.3. The van der Waals surface area contributed by atoms with Crippen LogP contribution in [-0.2, 0) is 20.7 Å². The lowest BCUT2D eigenvalue weighted by molar-refractivity contribution is -0.136. The van der Waals surface area contributed by atoms with Crippen LogP contribution in [-0.4, -0.2) is 41.5 Å². The number of hydrogen-bond acceptors (Lipinski definition) is 4. The molecule has 2 aromatic carbocycles. The van der Waals surface area contributed by atoms with E-state index in [1.54, 1.807) is 25.3 Å². The van der Waals surface area contributed by atoms with E-state index in [1.165, 1.54) is 4.90 Å². The van der Waals surface area contributed by atoms with Crippen molar-refractivity contribution in [3.63, 3.8) is 0 Å². The third-order valence-electron chi connectivity index (χ3n) is 4.89. The third-order valence-corrected chi connectivity index (χ3v) is 4.89. The smallest absolute Gasteiger partial charge is 0.341 e. The van der Waals surface area contributed by atoms with Gasteiger partial charge in [0.05, 0.1) is 17.9 Å². The van der Waals surface area contributed by atoms with Crippen LogP contribution in [0.2, 0.25) is 0 Å². The molecule has 0 unspecified atom stereocenters. The summed E-state index contributed by atoms with van der Waals surface area (Å²) in [6.45, 7) is 2.37. The number of benzene rings is 2. The Balaban J connectivity index is 1.63. The molecular weight excluding hydrogens is 368 g/mol. The van der Waals surface area contributed by atoms with Crippen LogP contribution in [0.15, 0.2) is 60.8 Å². The number of carbonyl (C=O) groups is 2. The van der Waals surface area contributed by atoms with Crippen LogP contribution in [0.1, 0.15) is 18.2 Å². The molecule has 29 heavy (non-hydrogen) atoms. The highest BCUT2D eigenvalue weighted by molar-refractivity contribution is 6.18. The van der Waals surface area contributed by atoms with Gasteiger partial charge in [0.1, 0.15) is 5.75 Å². The molecule has 1 N–H and O–H groups in total. The average molecular weight is 390 g/mol. The van der Waals surface area contributed by atoms with Gasteiger partial charge in [0, 0.05) is 23.6 Å². The number of aromatic nitrogens is 1. The second-order valence-electron chi connectivity index (χ2n) is 6.73. The SMILES string of the molecule is CCOC(=O)C1=CN(C(=O)COc2ccccc2)CCc2c1[nH]c1ccccc21. The molecule has 1 aliphatic rings. The van der Waals surface area contributed by atoms with Crippen molar-refractivity contribution in [3.8, 4) is 5.75 Å². The maximum atomic E-state index is 12.8. The van der Waals surface area contributed by atoms with Crippen molar-refractivity contribution in [1.29, 1.82) is 0 Å². The number of H-pyrrole nitrogens is 1. The minimum absolute atomic E-state index is 0.106. The van der Waals surface area contributed by atoms with Crippen molar-refractivity contribution in [2.24, 2.45) is 0 Å². The maximum Gasteiger partial charge on any atom is 0.341 e. The zero-order valence-corrected chi connectivity index (χ0v) is 16.2. The zero-order chi connectivity index (χ0) is 20.2. The molecule has 6 nitrogen and oxygen atoms in total. The second kappa shape index (κ2) is 8.22. The van der Waals surface area contributed by atoms with Gasteiger partial charge in [-0.25, -0.2) is 4.79 Å². The molecule has 0 saturated carbocycles. The Morgan fingerprint density at radius 3 is 2.62 bits per heavy atom. The van der Waals surface area contributed by atoms with Crippen LogP contribution >= 0.6 is 0 Å². The van der Waals surface area contributed by atoms with Crippen molar-refractivity contribution in [1.82, 2.24) is 9.88 Å². The van der Waals surface area contributed by atoms with Gasteiger partial charge >= 0.3 is 5.97 Å². The standard InChI is InChI=1S/C23H22N2O4/c1-2-28-23(27)19-14-25(21(26)15-29-16-8-4-3-5-9-16)13-12-18-17-10-6-7-11-20(17)24-22(18)19/h3-11,14,24H,2,12-13,15H2,1H3. The van der Waals surface area contributed by atoms with Gasteiger partial charge in [0.15, 0.2) is 6.61 Å². The fourth-order valence-corrected chi connectivity index (χ4v) is 3.51. The molecular formula is C23H22N2O4. The summed E-state index contributed by atoms with van der Waals surface area (Å²) in [7, 11) is 0. The van der Waals surface area contributed by atoms with Crippen LogP contribution in [0, 0.1) is 0 Å². The molecule has 1 aromatic heterocycles. The quantitative estimate of drug-likeness (QED) is 0.677. The van der Waals surface area contributed by atoms with Gasteiger partial charge in [-0.15, -0.1) is 0 Å². The predicted octanol–water partition coefficient (Wildman–Crippen LogP) is 3.54. The first-order valence-corrected chi connectivity index (χ1v) is 9.63. The summed E-state index contributed by atoms with van der Waals surface area (Å²) < 4.78 is 10.8. The summed E-state index contributed by atoms with van der Waals surface area (Å²) in [5, 5.41) is 1.05. The van der Waals surface area contributed by atoms with E-state index in [9.17, 15) is 9.59 Å². The van der Waals surface area contributed by atoms with Gasteiger partial charge in [-0.05, 0) is 37.1 Å². The number of nitrogens with zero attached hydrogens (tertiary/aromatic N) is 1. The number of ether oxygens (including phenoxy) is 2. The molecule has 1 amide bonds. The van der Waals surface area contributed by atoms with Gasteiger partial charge in [-0.1, -0.05) is 36.4 Å². The van der Waals surface area contributed by atoms with E-state index in [-0.39, 0.29) is 19.1 Å². The van der Waals surface area contributed by atoms with Crippen LogP contribution in [0.3, 0.4) is 0 Å². The molecule has 4 rings (SSSR count). The Labute approximate surface area is 168 Å². The third kappa shape index (κ3) is 3.87. The fourth-order valence-electron chi connectivity index (χ4n) is 3.51. The van der Waals surface area contributed by atoms with Gasteiger partial charge in [0.25, 0.3) is 5.91 Å². The highest BCUT2D eigenvalue weighted by Gasteiger charge is 2.27. The second-order valence-corrected chi connectivity index (χ2v) is 6.73.